The highest BCUT2D eigenvalue weighted by Crippen LogP contribution is 2.09. The van der Waals surface area contributed by atoms with Crippen molar-refractivity contribution in [1.29, 1.82) is 0 Å². The molecule has 1 aromatic heterocycles. The number of aromatic nitrogens is 1. The summed E-state index contributed by atoms with van der Waals surface area (Å²) in [6.07, 6.45) is 2.99. The van der Waals surface area contributed by atoms with Crippen molar-refractivity contribution in [2.75, 3.05) is 7.11 Å². The molecule has 0 radical (unpaired) electrons. The van der Waals surface area contributed by atoms with E-state index in [0.717, 1.165) is 11.3 Å². The van der Waals surface area contributed by atoms with E-state index < -0.39 is 0 Å². The summed E-state index contributed by atoms with van der Waals surface area (Å²) < 4.78 is 6.38. The first kappa shape index (κ1) is 14.5. The van der Waals surface area contributed by atoms with Crippen molar-refractivity contribution in [1.82, 2.24) is 9.99 Å². The Balaban J connectivity index is 2.00. The third kappa shape index (κ3) is 3.79. The molecule has 0 bridgehead atoms. The Labute approximate surface area is 121 Å². The number of hydrogen-bond donors (Lipinski definition) is 1. The van der Waals surface area contributed by atoms with Gasteiger partial charge in [-0.3, -0.25) is 9.59 Å². The van der Waals surface area contributed by atoms with Gasteiger partial charge in [0.15, 0.2) is 0 Å². The molecule has 0 aliphatic heterocycles. The maximum absolute atomic E-state index is 11.8. The van der Waals surface area contributed by atoms with E-state index in [1.165, 1.54) is 29.1 Å². The second kappa shape index (κ2) is 6.51. The first-order valence-electron chi connectivity index (χ1n) is 6.24. The summed E-state index contributed by atoms with van der Waals surface area (Å²) >= 11 is 0. The molecule has 1 N–H and O–H groups in total. The highest BCUT2D eigenvalue weighted by Gasteiger charge is 2.04. The van der Waals surface area contributed by atoms with Crippen molar-refractivity contribution in [2.45, 2.75) is 0 Å². The third-order valence-corrected chi connectivity index (χ3v) is 2.84. The van der Waals surface area contributed by atoms with Crippen LogP contribution in [0.4, 0.5) is 0 Å². The van der Waals surface area contributed by atoms with Gasteiger partial charge in [-0.05, 0) is 35.9 Å². The Morgan fingerprint density at radius 2 is 1.95 bits per heavy atom. The van der Waals surface area contributed by atoms with Crippen molar-refractivity contribution in [3.8, 4) is 5.75 Å². The molecule has 0 unspecified atom stereocenters. The van der Waals surface area contributed by atoms with Gasteiger partial charge in [-0.2, -0.15) is 5.10 Å². The summed E-state index contributed by atoms with van der Waals surface area (Å²) in [5.74, 6) is 0.372. The number of carbonyl (C=O) groups excluding carboxylic acids is 1. The highest BCUT2D eigenvalue weighted by atomic mass is 16.5. The Morgan fingerprint density at radius 1 is 1.24 bits per heavy atom. The smallest absolute Gasteiger partial charge is 0.272 e. The van der Waals surface area contributed by atoms with Gasteiger partial charge in [0.2, 0.25) is 5.56 Å². The number of pyridine rings is 1. The number of rotatable bonds is 4. The van der Waals surface area contributed by atoms with Gasteiger partial charge in [-0.25, -0.2) is 5.43 Å². The second-order valence-electron chi connectivity index (χ2n) is 4.34. The summed E-state index contributed by atoms with van der Waals surface area (Å²) in [6.45, 7) is 0. The largest absolute Gasteiger partial charge is 0.497 e. The molecule has 21 heavy (non-hydrogen) atoms. The van der Waals surface area contributed by atoms with Gasteiger partial charge in [0.1, 0.15) is 5.75 Å². The van der Waals surface area contributed by atoms with Gasteiger partial charge in [-0.1, -0.05) is 0 Å². The summed E-state index contributed by atoms with van der Waals surface area (Å²) in [5, 5.41) is 3.87. The van der Waals surface area contributed by atoms with E-state index in [1.807, 2.05) is 12.1 Å². The van der Waals surface area contributed by atoms with E-state index in [9.17, 15) is 9.59 Å². The zero-order chi connectivity index (χ0) is 15.2. The van der Waals surface area contributed by atoms with Gasteiger partial charge in [0, 0.05) is 19.3 Å². The quantitative estimate of drug-likeness (QED) is 0.676. The van der Waals surface area contributed by atoms with Crippen molar-refractivity contribution in [2.24, 2.45) is 12.1 Å². The lowest BCUT2D eigenvalue weighted by molar-refractivity contribution is 0.0954. The molecule has 1 aromatic carbocycles. The molecule has 2 rings (SSSR count). The molecule has 0 saturated carbocycles. The van der Waals surface area contributed by atoms with Crippen molar-refractivity contribution >= 4 is 12.1 Å². The van der Waals surface area contributed by atoms with E-state index in [1.54, 1.807) is 26.3 Å². The zero-order valence-corrected chi connectivity index (χ0v) is 11.7. The Kier molecular flexibility index (Phi) is 4.50. The maximum atomic E-state index is 11.8. The molecule has 6 heteroatoms. The summed E-state index contributed by atoms with van der Waals surface area (Å²) in [5.41, 5.74) is 3.43. The minimum atomic E-state index is -0.379. The number of nitrogens with zero attached hydrogens (tertiary/aromatic N) is 2. The fraction of sp³-hybridized carbons (Fsp3) is 0.133. The molecule has 0 fully saturated rings. The molecule has 108 valence electrons. The molecule has 0 atom stereocenters. The Hall–Kier alpha value is -2.89. The molecule has 0 aliphatic rings. The summed E-state index contributed by atoms with van der Waals surface area (Å²) in [7, 11) is 3.18. The first-order chi connectivity index (χ1) is 10.1. The van der Waals surface area contributed by atoms with E-state index in [-0.39, 0.29) is 11.5 Å². The van der Waals surface area contributed by atoms with Crippen LogP contribution < -0.4 is 15.7 Å². The molecule has 1 amide bonds. The first-order valence-corrected chi connectivity index (χ1v) is 6.24. The maximum Gasteiger partial charge on any atom is 0.272 e. The fourth-order valence-corrected chi connectivity index (χ4v) is 1.65. The monoisotopic (exact) mass is 285 g/mol. The molecule has 0 aliphatic carbocycles. The van der Waals surface area contributed by atoms with Gasteiger partial charge < -0.3 is 9.30 Å². The van der Waals surface area contributed by atoms with E-state index in [4.69, 9.17) is 4.74 Å². The topological polar surface area (TPSA) is 72.7 Å². The predicted molar refractivity (Wildman–Crippen MR) is 79.7 cm³/mol. The van der Waals surface area contributed by atoms with Gasteiger partial charge >= 0.3 is 0 Å². The number of hydrogen-bond acceptors (Lipinski definition) is 4. The molecule has 1 heterocycles. The average molecular weight is 285 g/mol. The van der Waals surface area contributed by atoms with E-state index >= 15 is 0 Å². The Bertz CT molecular complexity index is 718. The highest BCUT2D eigenvalue weighted by molar-refractivity contribution is 5.94. The molecule has 0 spiro atoms. The lowest BCUT2D eigenvalue weighted by Crippen LogP contribution is -2.22. The normalized spacial score (nSPS) is 10.6. The van der Waals surface area contributed by atoms with Crippen LogP contribution in [-0.2, 0) is 7.05 Å². The number of methoxy groups -OCH3 is 1. The van der Waals surface area contributed by atoms with Crippen molar-refractivity contribution in [3.63, 3.8) is 0 Å². The number of aryl methyl sites for hydroxylation is 1. The number of ether oxygens (including phenoxy) is 1. The van der Waals surface area contributed by atoms with Crippen molar-refractivity contribution < 1.29 is 9.53 Å². The molecular weight excluding hydrogens is 270 g/mol. The van der Waals surface area contributed by atoms with Gasteiger partial charge in [-0.15, -0.1) is 0 Å². The zero-order valence-electron chi connectivity index (χ0n) is 11.7. The molecule has 2 aromatic rings. The number of hydrazone groups is 1. The number of benzene rings is 1. The SMILES string of the molecule is COc1ccc(/C=N/NC(=O)c2ccc(=O)n(C)c2)cc1. The van der Waals surface area contributed by atoms with Crippen molar-refractivity contribution in [3.05, 3.63) is 64.1 Å². The van der Waals surface area contributed by atoms with Crippen LogP contribution >= 0.6 is 0 Å². The van der Waals surface area contributed by atoms with E-state index in [2.05, 4.69) is 10.5 Å². The van der Waals surface area contributed by atoms with Crippen LogP contribution in [0.1, 0.15) is 15.9 Å². The number of nitrogens with one attached hydrogen (secondary N) is 1. The standard InChI is InChI=1S/C15H15N3O3/c1-18-10-12(5-8-14(18)19)15(20)17-16-9-11-3-6-13(21-2)7-4-11/h3-10H,1-2H3,(H,17,20)/b16-9+. The Morgan fingerprint density at radius 3 is 2.57 bits per heavy atom. The molecule has 6 nitrogen and oxygen atoms in total. The van der Waals surface area contributed by atoms with Crippen LogP contribution in [0.5, 0.6) is 5.75 Å². The van der Waals surface area contributed by atoms with Gasteiger partial charge in [0.25, 0.3) is 5.91 Å². The van der Waals surface area contributed by atoms with Crippen LogP contribution in [0.3, 0.4) is 0 Å². The fourth-order valence-electron chi connectivity index (χ4n) is 1.65. The molecule has 0 saturated heterocycles. The predicted octanol–water partition coefficient (Wildman–Crippen LogP) is 1.16. The number of carbonyl (C=O) groups is 1. The van der Waals surface area contributed by atoms with E-state index in [0.29, 0.717) is 5.56 Å². The number of amides is 1. The van der Waals surface area contributed by atoms with Crippen LogP contribution in [-0.4, -0.2) is 23.8 Å². The summed E-state index contributed by atoms with van der Waals surface area (Å²) in [4.78, 5) is 23.1. The lowest BCUT2D eigenvalue weighted by atomic mass is 10.2. The van der Waals surface area contributed by atoms with Gasteiger partial charge in [0.05, 0.1) is 18.9 Å². The van der Waals surface area contributed by atoms with Crippen LogP contribution in [0.15, 0.2) is 52.5 Å². The molecular formula is C15H15N3O3. The minimum Gasteiger partial charge on any atom is -0.497 e. The van der Waals surface area contributed by atoms with Crippen LogP contribution in [0, 0.1) is 0 Å². The summed E-state index contributed by atoms with van der Waals surface area (Å²) in [6, 6.07) is 10.0. The minimum absolute atomic E-state index is 0.173. The van der Waals surface area contributed by atoms with Crippen LogP contribution in [0.25, 0.3) is 0 Å². The average Bonchev–Trinajstić information content (AvgIpc) is 2.50. The lowest BCUT2D eigenvalue weighted by Gasteiger charge is -2.02. The van der Waals surface area contributed by atoms with Crippen LogP contribution in [0.2, 0.25) is 0 Å². The third-order valence-electron chi connectivity index (χ3n) is 2.84. The second-order valence-corrected chi connectivity index (χ2v) is 4.34.